The van der Waals surface area contributed by atoms with Gasteiger partial charge in [0.15, 0.2) is 0 Å². The van der Waals surface area contributed by atoms with Crippen molar-refractivity contribution in [1.29, 1.82) is 0 Å². The molecule has 0 aliphatic rings. The van der Waals surface area contributed by atoms with E-state index in [1.807, 2.05) is 6.92 Å². The zero-order chi connectivity index (χ0) is 11.3. The average Bonchev–Trinajstić information content (AvgIpc) is 2.23. The summed E-state index contributed by atoms with van der Waals surface area (Å²) in [6.45, 7) is 3.40. The van der Waals surface area contributed by atoms with Gasteiger partial charge in [0.25, 0.3) is 5.56 Å². The largest absolute Gasteiger partial charge is 0.385 e. The van der Waals surface area contributed by atoms with E-state index >= 15 is 0 Å². The molecule has 84 valence electrons. The molecule has 0 N–H and O–H groups in total. The van der Waals surface area contributed by atoms with E-state index in [1.165, 1.54) is 21.4 Å². The zero-order valence-corrected chi connectivity index (χ0v) is 9.10. The highest BCUT2D eigenvalue weighted by molar-refractivity contribution is 4.86. The van der Waals surface area contributed by atoms with Gasteiger partial charge in [-0.15, -0.1) is 0 Å². The Balaban J connectivity index is 2.95. The lowest BCUT2D eigenvalue weighted by Crippen LogP contribution is -2.38. The van der Waals surface area contributed by atoms with Crippen molar-refractivity contribution in [2.75, 3.05) is 13.7 Å². The number of rotatable bonds is 5. The number of ether oxygens (including phenoxy) is 1. The van der Waals surface area contributed by atoms with Crippen molar-refractivity contribution < 1.29 is 4.74 Å². The monoisotopic (exact) mass is 212 g/mol. The first kappa shape index (κ1) is 11.7. The van der Waals surface area contributed by atoms with E-state index in [4.69, 9.17) is 4.74 Å². The smallest absolute Gasteiger partial charge is 0.330 e. The van der Waals surface area contributed by atoms with Crippen LogP contribution in [0.25, 0.3) is 0 Å². The third-order valence-corrected chi connectivity index (χ3v) is 2.21. The highest BCUT2D eigenvalue weighted by atomic mass is 16.5. The second kappa shape index (κ2) is 5.50. The minimum Gasteiger partial charge on any atom is -0.385 e. The van der Waals surface area contributed by atoms with Crippen molar-refractivity contribution in [3.05, 3.63) is 33.1 Å². The molecule has 1 aromatic heterocycles. The summed E-state index contributed by atoms with van der Waals surface area (Å²) in [6.07, 6.45) is 2.19. The molecular formula is C10H16N2O3. The molecule has 5 nitrogen and oxygen atoms in total. The maximum atomic E-state index is 11.7. The van der Waals surface area contributed by atoms with Crippen LogP contribution in [0.4, 0.5) is 0 Å². The first-order valence-electron chi connectivity index (χ1n) is 5.00. The SMILES string of the molecule is CCn1ccc(=O)n(CCCOC)c1=O. The van der Waals surface area contributed by atoms with Crippen LogP contribution in [0.1, 0.15) is 13.3 Å². The topological polar surface area (TPSA) is 53.2 Å². The lowest BCUT2D eigenvalue weighted by atomic mass is 10.4. The van der Waals surface area contributed by atoms with Crippen LogP contribution in [0.15, 0.2) is 21.9 Å². The Morgan fingerprint density at radius 1 is 1.40 bits per heavy atom. The van der Waals surface area contributed by atoms with E-state index in [9.17, 15) is 9.59 Å². The van der Waals surface area contributed by atoms with Crippen LogP contribution in [-0.2, 0) is 17.8 Å². The third kappa shape index (κ3) is 2.79. The molecule has 5 heteroatoms. The van der Waals surface area contributed by atoms with Crippen LogP contribution in [0.2, 0.25) is 0 Å². The second-order valence-electron chi connectivity index (χ2n) is 3.22. The quantitative estimate of drug-likeness (QED) is 0.649. The minimum atomic E-state index is -0.249. The van der Waals surface area contributed by atoms with E-state index in [0.29, 0.717) is 26.1 Å². The summed E-state index contributed by atoms with van der Waals surface area (Å²) in [4.78, 5) is 23.1. The Hall–Kier alpha value is -1.36. The highest BCUT2D eigenvalue weighted by Gasteiger charge is 2.02. The number of methoxy groups -OCH3 is 1. The summed E-state index contributed by atoms with van der Waals surface area (Å²) in [5.74, 6) is 0. The summed E-state index contributed by atoms with van der Waals surface area (Å²) >= 11 is 0. The van der Waals surface area contributed by atoms with Crippen molar-refractivity contribution in [1.82, 2.24) is 9.13 Å². The van der Waals surface area contributed by atoms with Gasteiger partial charge in [-0.05, 0) is 13.3 Å². The van der Waals surface area contributed by atoms with Crippen LogP contribution in [0.5, 0.6) is 0 Å². The molecule has 0 amide bonds. The summed E-state index contributed by atoms with van der Waals surface area (Å²) in [6, 6.07) is 1.41. The fraction of sp³-hybridized carbons (Fsp3) is 0.600. The predicted molar refractivity (Wildman–Crippen MR) is 57.1 cm³/mol. The van der Waals surface area contributed by atoms with Gasteiger partial charge < -0.3 is 9.30 Å². The van der Waals surface area contributed by atoms with E-state index in [-0.39, 0.29) is 11.2 Å². The molecule has 0 unspecified atom stereocenters. The van der Waals surface area contributed by atoms with Crippen molar-refractivity contribution in [2.24, 2.45) is 0 Å². The van der Waals surface area contributed by atoms with E-state index in [0.717, 1.165) is 0 Å². The van der Waals surface area contributed by atoms with Gasteiger partial charge in [0.1, 0.15) is 0 Å². The van der Waals surface area contributed by atoms with Crippen LogP contribution in [0.3, 0.4) is 0 Å². The molecular weight excluding hydrogens is 196 g/mol. The van der Waals surface area contributed by atoms with Gasteiger partial charge in [-0.25, -0.2) is 4.79 Å². The van der Waals surface area contributed by atoms with Crippen LogP contribution >= 0.6 is 0 Å². The Bertz CT molecular complexity index is 419. The molecule has 0 aliphatic carbocycles. The Kier molecular flexibility index (Phi) is 4.30. The Morgan fingerprint density at radius 3 is 2.73 bits per heavy atom. The summed E-state index contributed by atoms with van der Waals surface area (Å²) in [7, 11) is 1.60. The van der Waals surface area contributed by atoms with Crippen LogP contribution < -0.4 is 11.2 Å². The molecule has 0 radical (unpaired) electrons. The van der Waals surface area contributed by atoms with Crippen molar-refractivity contribution >= 4 is 0 Å². The van der Waals surface area contributed by atoms with Gasteiger partial charge in [-0.3, -0.25) is 9.36 Å². The molecule has 0 saturated heterocycles. The first-order chi connectivity index (χ1) is 7.20. The average molecular weight is 212 g/mol. The van der Waals surface area contributed by atoms with E-state index < -0.39 is 0 Å². The minimum absolute atomic E-state index is 0.249. The lowest BCUT2D eigenvalue weighted by Gasteiger charge is -2.07. The molecule has 1 aromatic rings. The molecule has 0 saturated carbocycles. The second-order valence-corrected chi connectivity index (χ2v) is 3.22. The van der Waals surface area contributed by atoms with Gasteiger partial charge in [-0.2, -0.15) is 0 Å². The molecule has 1 heterocycles. The lowest BCUT2D eigenvalue weighted by molar-refractivity contribution is 0.189. The molecule has 0 bridgehead atoms. The standard InChI is InChI=1S/C10H16N2O3/c1-3-11-7-5-9(13)12(10(11)14)6-4-8-15-2/h5,7H,3-4,6,8H2,1-2H3. The van der Waals surface area contributed by atoms with Gasteiger partial charge in [0.05, 0.1) is 0 Å². The number of hydrogen-bond donors (Lipinski definition) is 0. The summed E-state index contributed by atoms with van der Waals surface area (Å²) in [5.41, 5.74) is -0.498. The number of aromatic nitrogens is 2. The molecule has 15 heavy (non-hydrogen) atoms. The normalized spacial score (nSPS) is 10.5. The molecule has 1 rings (SSSR count). The van der Waals surface area contributed by atoms with Crippen LogP contribution in [-0.4, -0.2) is 22.9 Å². The summed E-state index contributed by atoms with van der Waals surface area (Å²) in [5, 5.41) is 0. The third-order valence-electron chi connectivity index (χ3n) is 2.21. The fourth-order valence-corrected chi connectivity index (χ4v) is 1.37. The maximum Gasteiger partial charge on any atom is 0.330 e. The first-order valence-corrected chi connectivity index (χ1v) is 5.00. The van der Waals surface area contributed by atoms with Crippen molar-refractivity contribution in [3.8, 4) is 0 Å². The highest BCUT2D eigenvalue weighted by Crippen LogP contribution is 1.84. The Labute approximate surface area is 87.9 Å². The number of hydrogen-bond acceptors (Lipinski definition) is 3. The van der Waals surface area contributed by atoms with E-state index in [1.54, 1.807) is 7.11 Å². The maximum absolute atomic E-state index is 11.7. The molecule has 0 aromatic carbocycles. The zero-order valence-electron chi connectivity index (χ0n) is 9.10. The van der Waals surface area contributed by atoms with E-state index in [2.05, 4.69) is 0 Å². The molecule has 0 atom stereocenters. The van der Waals surface area contributed by atoms with Gasteiger partial charge in [0.2, 0.25) is 0 Å². The van der Waals surface area contributed by atoms with Gasteiger partial charge in [0, 0.05) is 39.1 Å². The Morgan fingerprint density at radius 2 is 2.13 bits per heavy atom. The summed E-state index contributed by atoms with van der Waals surface area (Å²) < 4.78 is 7.62. The van der Waals surface area contributed by atoms with Crippen molar-refractivity contribution in [3.63, 3.8) is 0 Å². The molecule has 0 fully saturated rings. The van der Waals surface area contributed by atoms with Crippen LogP contribution in [0, 0.1) is 0 Å². The predicted octanol–water partition coefficient (Wildman–Crippen LogP) is 0.0664. The number of aryl methyl sites for hydroxylation is 1. The molecule has 0 spiro atoms. The number of nitrogens with zero attached hydrogens (tertiary/aromatic N) is 2. The van der Waals surface area contributed by atoms with Crippen molar-refractivity contribution in [2.45, 2.75) is 26.4 Å². The van der Waals surface area contributed by atoms with Gasteiger partial charge >= 0.3 is 5.69 Å². The fourth-order valence-electron chi connectivity index (χ4n) is 1.37. The molecule has 0 aliphatic heterocycles. The van der Waals surface area contributed by atoms with Gasteiger partial charge in [-0.1, -0.05) is 0 Å².